The predicted molar refractivity (Wildman–Crippen MR) is 143 cm³/mol. The zero-order valence-electron chi connectivity index (χ0n) is 21.6. The van der Waals surface area contributed by atoms with Crippen LogP contribution in [0.1, 0.15) is 64.8 Å². The van der Waals surface area contributed by atoms with Crippen molar-refractivity contribution in [3.8, 4) is 0 Å². The van der Waals surface area contributed by atoms with Crippen molar-refractivity contribution in [3.05, 3.63) is 45.8 Å². The van der Waals surface area contributed by atoms with Crippen molar-refractivity contribution in [2.24, 2.45) is 0 Å². The molecule has 2 N–H and O–H groups in total. The Kier molecular flexibility index (Phi) is 9.68. The van der Waals surface area contributed by atoms with Gasteiger partial charge in [-0.2, -0.15) is 4.31 Å². The molecule has 0 bridgehead atoms. The summed E-state index contributed by atoms with van der Waals surface area (Å²) in [6.07, 6.45) is 1.70. The molecule has 10 nitrogen and oxygen atoms in total. The van der Waals surface area contributed by atoms with Gasteiger partial charge in [-0.05, 0) is 49.6 Å². The molecule has 3 rings (SSSR count). The second kappa shape index (κ2) is 12.5. The molecule has 0 radical (unpaired) electrons. The van der Waals surface area contributed by atoms with E-state index in [2.05, 4.69) is 10.6 Å². The van der Waals surface area contributed by atoms with E-state index < -0.39 is 22.0 Å². The van der Waals surface area contributed by atoms with Gasteiger partial charge < -0.3 is 20.3 Å². The third kappa shape index (κ3) is 6.31. The molecule has 0 unspecified atom stereocenters. The maximum Gasteiger partial charge on any atom is 0.410 e. The number of thiophene rings is 1. The van der Waals surface area contributed by atoms with Crippen molar-refractivity contribution in [2.75, 3.05) is 38.6 Å². The second-order valence-corrected chi connectivity index (χ2v) is 11.5. The van der Waals surface area contributed by atoms with Gasteiger partial charge in [-0.3, -0.25) is 9.59 Å². The average molecular weight is 551 g/mol. The molecule has 1 aromatic heterocycles. The fraction of sp³-hybridized carbons (Fsp3) is 0.480. The van der Waals surface area contributed by atoms with Gasteiger partial charge in [-0.1, -0.05) is 20.3 Å². The average Bonchev–Trinajstić information content (AvgIpc) is 3.25. The lowest BCUT2D eigenvalue weighted by molar-refractivity contribution is 0.0961. The topological polar surface area (TPSA) is 125 Å². The number of sulfonamides is 1. The first kappa shape index (κ1) is 28.6. The van der Waals surface area contributed by atoms with E-state index in [1.165, 1.54) is 47.0 Å². The van der Waals surface area contributed by atoms with E-state index in [-0.39, 0.29) is 29.5 Å². The molecule has 1 aliphatic rings. The van der Waals surface area contributed by atoms with Gasteiger partial charge in [-0.25, -0.2) is 13.2 Å². The van der Waals surface area contributed by atoms with Crippen LogP contribution in [0.3, 0.4) is 0 Å². The number of unbranched alkanes of at least 4 members (excludes halogenated alkanes) is 1. The monoisotopic (exact) mass is 550 g/mol. The lowest BCUT2D eigenvalue weighted by atomic mass is 10.0. The van der Waals surface area contributed by atoms with E-state index >= 15 is 0 Å². The molecule has 0 saturated carbocycles. The molecule has 0 spiro atoms. The number of hydrogen-bond acceptors (Lipinski definition) is 7. The highest BCUT2D eigenvalue weighted by Crippen LogP contribution is 2.37. The molecule has 1 aromatic carbocycles. The number of carbonyl (C=O) groups excluding carboxylic acids is 3. The van der Waals surface area contributed by atoms with Crippen molar-refractivity contribution in [2.45, 2.75) is 51.5 Å². The first-order valence-corrected chi connectivity index (χ1v) is 14.6. The van der Waals surface area contributed by atoms with Gasteiger partial charge in [0.2, 0.25) is 10.0 Å². The largest absolute Gasteiger partial charge is 0.450 e. The Morgan fingerprint density at radius 3 is 2.41 bits per heavy atom. The van der Waals surface area contributed by atoms with Crippen LogP contribution >= 0.6 is 11.3 Å². The predicted octanol–water partition coefficient (Wildman–Crippen LogP) is 3.69. The Morgan fingerprint density at radius 1 is 1.11 bits per heavy atom. The zero-order valence-corrected chi connectivity index (χ0v) is 23.3. The highest BCUT2D eigenvalue weighted by Gasteiger charge is 2.31. The van der Waals surface area contributed by atoms with Gasteiger partial charge in [-0.15, -0.1) is 11.3 Å². The van der Waals surface area contributed by atoms with Gasteiger partial charge in [0.25, 0.3) is 11.8 Å². The van der Waals surface area contributed by atoms with Gasteiger partial charge in [0.1, 0.15) is 5.00 Å². The fourth-order valence-corrected chi connectivity index (χ4v) is 6.86. The molecule has 202 valence electrons. The lowest BCUT2D eigenvalue weighted by Gasteiger charge is -2.26. The number of rotatable bonds is 10. The van der Waals surface area contributed by atoms with Crippen LogP contribution in [0.2, 0.25) is 0 Å². The van der Waals surface area contributed by atoms with Crippen LogP contribution < -0.4 is 10.6 Å². The molecule has 0 saturated heterocycles. The smallest absolute Gasteiger partial charge is 0.410 e. The molecule has 0 atom stereocenters. The number of nitrogens with one attached hydrogen (secondary N) is 2. The Bertz CT molecular complexity index is 1240. The van der Waals surface area contributed by atoms with Crippen molar-refractivity contribution in [3.63, 3.8) is 0 Å². The summed E-state index contributed by atoms with van der Waals surface area (Å²) in [5, 5.41) is 5.82. The van der Waals surface area contributed by atoms with E-state index in [1.54, 1.807) is 18.7 Å². The van der Waals surface area contributed by atoms with Crippen molar-refractivity contribution in [1.82, 2.24) is 14.5 Å². The Hall–Kier alpha value is -2.96. The van der Waals surface area contributed by atoms with Gasteiger partial charge >= 0.3 is 6.09 Å². The summed E-state index contributed by atoms with van der Waals surface area (Å²) in [6, 6.07) is 5.78. The summed E-state index contributed by atoms with van der Waals surface area (Å²) in [5.74, 6) is -0.793. The van der Waals surface area contributed by atoms with E-state index in [4.69, 9.17) is 4.74 Å². The van der Waals surface area contributed by atoms with E-state index in [1.807, 2.05) is 6.92 Å². The summed E-state index contributed by atoms with van der Waals surface area (Å²) in [7, 11) is -2.14. The minimum Gasteiger partial charge on any atom is -0.450 e. The number of carbonyl (C=O) groups is 3. The quantitative estimate of drug-likeness (QED) is 0.465. The first-order valence-electron chi connectivity index (χ1n) is 12.4. The van der Waals surface area contributed by atoms with E-state index in [9.17, 15) is 22.8 Å². The number of anilines is 1. The van der Waals surface area contributed by atoms with Crippen molar-refractivity contribution >= 4 is 44.3 Å². The van der Waals surface area contributed by atoms with Crippen molar-refractivity contribution < 1.29 is 27.5 Å². The minimum atomic E-state index is -3.66. The van der Waals surface area contributed by atoms with E-state index in [0.717, 1.165) is 23.3 Å². The Labute approximate surface area is 222 Å². The zero-order chi connectivity index (χ0) is 27.2. The molecule has 0 aliphatic carbocycles. The summed E-state index contributed by atoms with van der Waals surface area (Å²) in [5.41, 5.74) is 1.44. The van der Waals surface area contributed by atoms with Crippen molar-refractivity contribution in [1.29, 1.82) is 0 Å². The summed E-state index contributed by atoms with van der Waals surface area (Å²) in [4.78, 5) is 40.4. The molecule has 37 heavy (non-hydrogen) atoms. The van der Waals surface area contributed by atoms with Crippen LogP contribution in [-0.4, -0.2) is 68.8 Å². The van der Waals surface area contributed by atoms with Gasteiger partial charge in [0.15, 0.2) is 0 Å². The van der Waals surface area contributed by atoms with Crippen LogP contribution in [0, 0.1) is 0 Å². The van der Waals surface area contributed by atoms with Crippen LogP contribution in [0.4, 0.5) is 9.80 Å². The van der Waals surface area contributed by atoms with Crippen LogP contribution in [0.5, 0.6) is 0 Å². The Morgan fingerprint density at radius 2 is 1.81 bits per heavy atom. The third-order valence-electron chi connectivity index (χ3n) is 6.13. The number of nitrogens with zero attached hydrogens (tertiary/aromatic N) is 2. The molecule has 2 heterocycles. The van der Waals surface area contributed by atoms with Crippen LogP contribution in [-0.2, 0) is 27.7 Å². The fourth-order valence-electron chi connectivity index (χ4n) is 4.11. The van der Waals surface area contributed by atoms with Crippen LogP contribution in [0.25, 0.3) is 0 Å². The summed E-state index contributed by atoms with van der Waals surface area (Å²) < 4.78 is 32.5. The number of amides is 3. The maximum atomic E-state index is 13.1. The maximum absolute atomic E-state index is 13.1. The molecule has 2 aromatic rings. The lowest BCUT2D eigenvalue weighted by Crippen LogP contribution is -2.36. The molecular formula is C25H34N4O6S2. The highest BCUT2D eigenvalue weighted by atomic mass is 32.2. The SMILES string of the molecule is CCCCN(CC)S(=O)(=O)c1ccc(C(=O)Nc2sc3c(c2C(=O)NC)CCN(C(=O)OCC)C3)cc1. The van der Waals surface area contributed by atoms with Gasteiger partial charge in [0.05, 0.1) is 23.6 Å². The minimum absolute atomic E-state index is 0.124. The number of hydrogen-bond donors (Lipinski definition) is 2. The number of fused-ring (bicyclic) bond motifs is 1. The number of ether oxygens (including phenoxy) is 1. The normalized spacial score (nSPS) is 13.3. The molecule has 1 aliphatic heterocycles. The van der Waals surface area contributed by atoms with Crippen LogP contribution in [0.15, 0.2) is 29.2 Å². The molecular weight excluding hydrogens is 516 g/mol. The third-order valence-corrected chi connectivity index (χ3v) is 9.25. The number of benzene rings is 1. The highest BCUT2D eigenvalue weighted by molar-refractivity contribution is 7.89. The molecule has 0 fully saturated rings. The van der Waals surface area contributed by atoms with Gasteiger partial charge in [0, 0.05) is 37.1 Å². The van der Waals surface area contributed by atoms with E-state index in [0.29, 0.717) is 36.6 Å². The standard InChI is InChI=1S/C25H34N4O6S2/c1-5-8-14-29(6-2)37(33,34)18-11-9-17(10-12-18)22(30)27-24-21(23(31)26-4)19-13-15-28(16-20(19)36-24)25(32)35-7-3/h9-12H,5-8,13-16H2,1-4H3,(H,26,31)(H,27,30). The molecule has 12 heteroatoms. The Balaban J connectivity index is 1.83. The second-order valence-electron chi connectivity index (χ2n) is 8.49. The molecule has 3 amide bonds. The summed E-state index contributed by atoms with van der Waals surface area (Å²) in [6.45, 7) is 7.31. The first-order chi connectivity index (χ1) is 17.7. The summed E-state index contributed by atoms with van der Waals surface area (Å²) >= 11 is 1.24.